The Labute approximate surface area is 93.3 Å². The molecule has 0 fully saturated rings. The Morgan fingerprint density at radius 1 is 1.20 bits per heavy atom. The van der Waals surface area contributed by atoms with Crippen LogP contribution in [-0.2, 0) is 6.42 Å². The highest BCUT2D eigenvalue weighted by molar-refractivity contribution is 5.50. The quantitative estimate of drug-likeness (QED) is 0.656. The molecular formula is C15H22. The fourth-order valence-electron chi connectivity index (χ4n) is 2.10. The molecular weight excluding hydrogens is 180 g/mol. The third-order valence-electron chi connectivity index (χ3n) is 2.90. The van der Waals surface area contributed by atoms with Crippen LogP contribution in [0.1, 0.15) is 46.1 Å². The van der Waals surface area contributed by atoms with Gasteiger partial charge in [-0.05, 0) is 42.2 Å². The molecule has 0 heteroatoms. The van der Waals surface area contributed by atoms with E-state index in [-0.39, 0.29) is 0 Å². The largest absolute Gasteiger partial charge is 0.0761 e. The van der Waals surface area contributed by atoms with Crippen molar-refractivity contribution in [2.24, 2.45) is 0 Å². The van der Waals surface area contributed by atoms with Gasteiger partial charge in [-0.25, -0.2) is 0 Å². The summed E-state index contributed by atoms with van der Waals surface area (Å²) in [6, 6.07) is 6.67. The van der Waals surface area contributed by atoms with Crippen LogP contribution in [0.2, 0.25) is 0 Å². The number of benzene rings is 1. The van der Waals surface area contributed by atoms with Crippen LogP contribution in [0, 0.1) is 0 Å². The van der Waals surface area contributed by atoms with Crippen LogP contribution in [-0.4, -0.2) is 0 Å². The number of aryl methyl sites for hydroxylation is 1. The van der Waals surface area contributed by atoms with Gasteiger partial charge in [-0.2, -0.15) is 0 Å². The Morgan fingerprint density at radius 3 is 2.60 bits per heavy atom. The summed E-state index contributed by atoms with van der Waals surface area (Å²) < 4.78 is 0. The van der Waals surface area contributed by atoms with Gasteiger partial charge in [-0.15, -0.1) is 0 Å². The maximum Gasteiger partial charge on any atom is -0.0192 e. The van der Waals surface area contributed by atoms with Crippen molar-refractivity contribution < 1.29 is 0 Å². The molecule has 0 saturated carbocycles. The van der Waals surface area contributed by atoms with E-state index in [1.54, 1.807) is 5.57 Å². The van der Waals surface area contributed by atoms with Crippen LogP contribution in [0.25, 0.3) is 11.6 Å². The fraction of sp³-hybridized carbons (Fsp3) is 0.467. The molecule has 0 bridgehead atoms. The first-order valence-electron chi connectivity index (χ1n) is 6.11. The van der Waals surface area contributed by atoms with E-state index in [2.05, 4.69) is 38.1 Å². The summed E-state index contributed by atoms with van der Waals surface area (Å²) in [6.07, 6.45) is 5.99. The van der Waals surface area contributed by atoms with Crippen molar-refractivity contribution in [3.05, 3.63) is 34.2 Å². The molecule has 82 valence electrons. The second-order valence-corrected chi connectivity index (χ2v) is 3.76. The van der Waals surface area contributed by atoms with Crippen molar-refractivity contribution in [1.29, 1.82) is 0 Å². The normalized spacial score (nSPS) is 13.5. The fourth-order valence-corrected chi connectivity index (χ4v) is 2.10. The molecule has 0 amide bonds. The van der Waals surface area contributed by atoms with Gasteiger partial charge in [0.1, 0.15) is 0 Å². The molecule has 15 heavy (non-hydrogen) atoms. The first-order valence-corrected chi connectivity index (χ1v) is 6.11. The zero-order valence-electron chi connectivity index (χ0n) is 10.4. The number of fused-ring (bicyclic) bond motifs is 1. The van der Waals surface area contributed by atoms with Crippen molar-refractivity contribution in [3.8, 4) is 0 Å². The topological polar surface area (TPSA) is 0 Å². The zero-order valence-corrected chi connectivity index (χ0v) is 10.4. The Kier molecular flexibility index (Phi) is 4.61. The summed E-state index contributed by atoms with van der Waals surface area (Å²) in [5, 5.41) is 2.97. The number of rotatable bonds is 1. The van der Waals surface area contributed by atoms with Crippen LogP contribution < -0.4 is 10.4 Å². The summed E-state index contributed by atoms with van der Waals surface area (Å²) in [5.74, 6) is 0. The van der Waals surface area contributed by atoms with Gasteiger partial charge < -0.3 is 0 Å². The summed E-state index contributed by atoms with van der Waals surface area (Å²) in [4.78, 5) is 0. The molecule has 0 nitrogen and oxygen atoms in total. The van der Waals surface area contributed by atoms with E-state index in [1.807, 2.05) is 13.8 Å². The maximum absolute atomic E-state index is 2.39. The van der Waals surface area contributed by atoms with Crippen LogP contribution in [0.4, 0.5) is 0 Å². The minimum Gasteiger partial charge on any atom is -0.0761 e. The molecule has 0 aromatic heterocycles. The Balaban J connectivity index is 0.000000531. The van der Waals surface area contributed by atoms with Crippen molar-refractivity contribution in [3.63, 3.8) is 0 Å². The highest BCUT2D eigenvalue weighted by atomic mass is 14.1. The predicted molar refractivity (Wildman–Crippen MR) is 69.2 cm³/mol. The monoisotopic (exact) mass is 202 g/mol. The first-order chi connectivity index (χ1) is 7.33. The van der Waals surface area contributed by atoms with Crippen molar-refractivity contribution in [2.45, 2.75) is 47.0 Å². The van der Waals surface area contributed by atoms with E-state index >= 15 is 0 Å². The van der Waals surface area contributed by atoms with E-state index in [4.69, 9.17) is 0 Å². The Bertz CT molecular complexity index is 424. The molecule has 0 N–H and O–H groups in total. The number of hydrogen-bond donors (Lipinski definition) is 0. The lowest BCUT2D eigenvalue weighted by Gasteiger charge is -2.08. The third-order valence-corrected chi connectivity index (χ3v) is 2.90. The average Bonchev–Trinajstić information content (AvgIpc) is 2.32. The molecule has 0 aliphatic heterocycles. The molecule has 1 aromatic carbocycles. The molecule has 1 aliphatic rings. The number of hydrogen-bond acceptors (Lipinski definition) is 0. The summed E-state index contributed by atoms with van der Waals surface area (Å²) in [7, 11) is 0. The van der Waals surface area contributed by atoms with Gasteiger partial charge in [-0.1, -0.05) is 50.6 Å². The Hall–Kier alpha value is -1.04. The third kappa shape index (κ3) is 2.50. The molecule has 0 spiro atoms. The zero-order chi connectivity index (χ0) is 11.3. The molecule has 0 heterocycles. The van der Waals surface area contributed by atoms with Gasteiger partial charge in [0.25, 0.3) is 0 Å². The van der Waals surface area contributed by atoms with E-state index < -0.39 is 0 Å². The molecule has 2 rings (SSSR count). The predicted octanol–water partition coefficient (Wildman–Crippen LogP) is 3.02. The molecule has 0 unspecified atom stereocenters. The lowest BCUT2D eigenvalue weighted by Crippen LogP contribution is -2.31. The molecule has 0 atom stereocenters. The molecule has 1 aromatic rings. The first kappa shape index (κ1) is 12.0. The van der Waals surface area contributed by atoms with Crippen LogP contribution in [0.15, 0.2) is 18.2 Å². The van der Waals surface area contributed by atoms with Crippen molar-refractivity contribution in [2.75, 3.05) is 0 Å². The van der Waals surface area contributed by atoms with Gasteiger partial charge in [0.05, 0.1) is 0 Å². The van der Waals surface area contributed by atoms with Gasteiger partial charge in [0.2, 0.25) is 0 Å². The van der Waals surface area contributed by atoms with E-state index in [9.17, 15) is 0 Å². The van der Waals surface area contributed by atoms with Crippen LogP contribution in [0.3, 0.4) is 0 Å². The lowest BCUT2D eigenvalue weighted by molar-refractivity contribution is 1.04. The van der Waals surface area contributed by atoms with E-state index in [0.717, 1.165) is 6.42 Å². The standard InChI is InChI=1S/C13H16.C2H6/c1-3-11-7-5-8-12-10(2)6-4-9-13(11)12;1-2/h5,7-9H,3-4,6H2,1-2H3;1-2H3. The summed E-state index contributed by atoms with van der Waals surface area (Å²) in [6.45, 7) is 8.48. The van der Waals surface area contributed by atoms with Crippen LogP contribution >= 0.6 is 0 Å². The molecule has 1 aliphatic carbocycles. The van der Waals surface area contributed by atoms with E-state index in [0.29, 0.717) is 0 Å². The van der Waals surface area contributed by atoms with Crippen molar-refractivity contribution in [1.82, 2.24) is 0 Å². The minimum atomic E-state index is 1.15. The van der Waals surface area contributed by atoms with Gasteiger partial charge in [0, 0.05) is 0 Å². The van der Waals surface area contributed by atoms with Gasteiger partial charge in [0.15, 0.2) is 0 Å². The summed E-state index contributed by atoms with van der Waals surface area (Å²) in [5.41, 5.74) is 3.05. The maximum atomic E-state index is 2.39. The SMILES string of the molecule is CC.CCc1cccc2c1=CCCC=2C. The smallest absolute Gasteiger partial charge is 0.0192 e. The van der Waals surface area contributed by atoms with Gasteiger partial charge in [-0.3, -0.25) is 0 Å². The minimum absolute atomic E-state index is 1.15. The average molecular weight is 202 g/mol. The Morgan fingerprint density at radius 2 is 1.93 bits per heavy atom. The summed E-state index contributed by atoms with van der Waals surface area (Å²) >= 11 is 0. The van der Waals surface area contributed by atoms with Crippen LogP contribution in [0.5, 0.6) is 0 Å². The van der Waals surface area contributed by atoms with Gasteiger partial charge >= 0.3 is 0 Å². The van der Waals surface area contributed by atoms with E-state index in [1.165, 1.54) is 28.8 Å². The van der Waals surface area contributed by atoms with Crippen molar-refractivity contribution >= 4 is 11.6 Å². The second kappa shape index (κ2) is 5.75. The lowest BCUT2D eigenvalue weighted by atomic mass is 9.97. The second-order valence-electron chi connectivity index (χ2n) is 3.76. The highest BCUT2D eigenvalue weighted by Gasteiger charge is 2.01. The molecule has 0 saturated heterocycles. The molecule has 0 radical (unpaired) electrons. The highest BCUT2D eigenvalue weighted by Crippen LogP contribution is 2.06.